The van der Waals surface area contributed by atoms with E-state index < -0.39 is 5.97 Å². The average Bonchev–Trinajstić information content (AvgIpc) is 2.57. The second-order valence-corrected chi connectivity index (χ2v) is 7.31. The number of likely N-dealkylation sites (tertiary alicyclic amines) is 2. The first-order chi connectivity index (χ1) is 11.1. The number of aliphatic carboxylic acids is 1. The van der Waals surface area contributed by atoms with Crippen molar-refractivity contribution >= 4 is 5.97 Å². The van der Waals surface area contributed by atoms with Gasteiger partial charge >= 0.3 is 5.97 Å². The normalized spacial score (nSPS) is 25.5. The van der Waals surface area contributed by atoms with Crippen LogP contribution in [0.4, 0.5) is 0 Å². The third-order valence-electron chi connectivity index (χ3n) is 5.71. The molecule has 2 heterocycles. The lowest BCUT2D eigenvalue weighted by Crippen LogP contribution is -2.52. The molecule has 0 amide bonds. The maximum Gasteiger partial charge on any atom is 0.317 e. The van der Waals surface area contributed by atoms with Crippen molar-refractivity contribution in [3.8, 4) is 0 Å². The van der Waals surface area contributed by atoms with E-state index in [1.807, 2.05) is 0 Å². The van der Waals surface area contributed by atoms with Gasteiger partial charge in [-0.1, -0.05) is 37.3 Å². The first kappa shape index (κ1) is 16.5. The predicted octanol–water partition coefficient (Wildman–Crippen LogP) is 2.66. The van der Waals surface area contributed by atoms with Gasteiger partial charge in [0.15, 0.2) is 0 Å². The summed E-state index contributed by atoms with van der Waals surface area (Å²) in [6.07, 6.45) is 3.49. The fourth-order valence-electron chi connectivity index (χ4n) is 4.43. The Kier molecular flexibility index (Phi) is 5.02. The molecule has 4 heteroatoms. The van der Waals surface area contributed by atoms with E-state index in [1.165, 1.54) is 18.5 Å². The van der Waals surface area contributed by atoms with Crippen molar-refractivity contribution < 1.29 is 9.90 Å². The van der Waals surface area contributed by atoms with Crippen LogP contribution in [0.3, 0.4) is 0 Å². The van der Waals surface area contributed by atoms with E-state index in [0.29, 0.717) is 11.3 Å². The van der Waals surface area contributed by atoms with Crippen molar-refractivity contribution in [3.05, 3.63) is 35.9 Å². The SMILES string of the molecule is CCN1CC(c2ccccc2)CC2(CCN(CC(=O)O)CC2)C1. The number of nitrogens with zero attached hydrogens (tertiary/aromatic N) is 2. The number of hydrogen-bond acceptors (Lipinski definition) is 3. The predicted molar refractivity (Wildman–Crippen MR) is 91.7 cm³/mol. The highest BCUT2D eigenvalue weighted by Gasteiger charge is 2.41. The second-order valence-electron chi connectivity index (χ2n) is 7.31. The van der Waals surface area contributed by atoms with Crippen LogP contribution in [0.2, 0.25) is 0 Å². The number of carbonyl (C=O) groups is 1. The molecule has 1 N–H and O–H groups in total. The number of hydrogen-bond donors (Lipinski definition) is 1. The highest BCUT2D eigenvalue weighted by Crippen LogP contribution is 2.44. The Morgan fingerprint density at radius 1 is 1.22 bits per heavy atom. The van der Waals surface area contributed by atoms with Crippen LogP contribution in [-0.2, 0) is 4.79 Å². The molecule has 0 radical (unpaired) electrons. The maximum atomic E-state index is 10.9. The Balaban J connectivity index is 1.70. The van der Waals surface area contributed by atoms with Gasteiger partial charge in [-0.25, -0.2) is 0 Å². The van der Waals surface area contributed by atoms with Crippen LogP contribution >= 0.6 is 0 Å². The molecule has 3 rings (SSSR count). The Bertz CT molecular complexity index is 523. The number of benzene rings is 1. The van der Waals surface area contributed by atoms with Gasteiger partial charge in [0, 0.05) is 13.1 Å². The Morgan fingerprint density at radius 2 is 1.91 bits per heavy atom. The fraction of sp³-hybridized carbons (Fsp3) is 0.632. The zero-order valence-electron chi connectivity index (χ0n) is 14.1. The van der Waals surface area contributed by atoms with Gasteiger partial charge in [-0.2, -0.15) is 0 Å². The molecule has 2 fully saturated rings. The van der Waals surface area contributed by atoms with Crippen LogP contribution in [-0.4, -0.2) is 60.1 Å². The highest BCUT2D eigenvalue weighted by atomic mass is 16.4. The van der Waals surface area contributed by atoms with Crippen molar-refractivity contribution in [2.45, 2.75) is 32.1 Å². The zero-order chi connectivity index (χ0) is 16.3. The van der Waals surface area contributed by atoms with E-state index in [-0.39, 0.29) is 6.54 Å². The van der Waals surface area contributed by atoms with Gasteiger partial charge in [-0.3, -0.25) is 9.69 Å². The molecule has 1 unspecified atom stereocenters. The lowest BCUT2D eigenvalue weighted by atomic mass is 9.68. The molecule has 2 saturated heterocycles. The summed E-state index contributed by atoms with van der Waals surface area (Å²) in [6, 6.07) is 10.9. The van der Waals surface area contributed by atoms with Crippen molar-refractivity contribution in [2.24, 2.45) is 5.41 Å². The molecule has 4 nitrogen and oxygen atoms in total. The fourth-order valence-corrected chi connectivity index (χ4v) is 4.43. The lowest BCUT2D eigenvalue weighted by Gasteiger charge is -2.50. The standard InChI is InChI=1S/C19H28N2O2/c1-2-20-13-17(16-6-4-3-5-7-16)12-19(15-20)8-10-21(11-9-19)14-18(22)23/h3-7,17H,2,8-15H2,1H3,(H,22,23). The first-order valence-electron chi connectivity index (χ1n) is 8.82. The molecule has 2 aliphatic heterocycles. The second kappa shape index (κ2) is 7.02. The zero-order valence-corrected chi connectivity index (χ0v) is 14.1. The molecule has 23 heavy (non-hydrogen) atoms. The van der Waals surface area contributed by atoms with E-state index in [9.17, 15) is 4.79 Å². The molecular formula is C19H28N2O2. The summed E-state index contributed by atoms with van der Waals surface area (Å²) >= 11 is 0. The largest absolute Gasteiger partial charge is 0.480 e. The molecule has 0 saturated carbocycles. The van der Waals surface area contributed by atoms with Crippen LogP contribution in [0.15, 0.2) is 30.3 Å². The summed E-state index contributed by atoms with van der Waals surface area (Å²) in [4.78, 5) is 15.6. The lowest BCUT2D eigenvalue weighted by molar-refractivity contribution is -0.139. The first-order valence-corrected chi connectivity index (χ1v) is 8.82. The molecule has 1 atom stereocenters. The van der Waals surface area contributed by atoms with Crippen molar-refractivity contribution in [1.82, 2.24) is 9.80 Å². The van der Waals surface area contributed by atoms with Crippen molar-refractivity contribution in [3.63, 3.8) is 0 Å². The van der Waals surface area contributed by atoms with E-state index in [1.54, 1.807) is 0 Å². The molecule has 0 aromatic heterocycles. The van der Waals surface area contributed by atoms with Crippen LogP contribution in [0, 0.1) is 5.41 Å². The summed E-state index contributed by atoms with van der Waals surface area (Å²) in [5.41, 5.74) is 1.82. The van der Waals surface area contributed by atoms with Gasteiger partial charge in [0.1, 0.15) is 0 Å². The van der Waals surface area contributed by atoms with E-state index in [2.05, 4.69) is 47.1 Å². The number of rotatable bonds is 4. The smallest absolute Gasteiger partial charge is 0.317 e. The molecular weight excluding hydrogens is 288 g/mol. The monoisotopic (exact) mass is 316 g/mol. The minimum Gasteiger partial charge on any atom is -0.480 e. The van der Waals surface area contributed by atoms with E-state index >= 15 is 0 Å². The van der Waals surface area contributed by atoms with Crippen LogP contribution < -0.4 is 0 Å². The summed E-state index contributed by atoms with van der Waals surface area (Å²) in [7, 11) is 0. The van der Waals surface area contributed by atoms with E-state index in [4.69, 9.17) is 5.11 Å². The van der Waals surface area contributed by atoms with Crippen molar-refractivity contribution in [1.29, 1.82) is 0 Å². The maximum absolute atomic E-state index is 10.9. The van der Waals surface area contributed by atoms with Gasteiger partial charge in [0.2, 0.25) is 0 Å². The molecule has 0 bridgehead atoms. The quantitative estimate of drug-likeness (QED) is 0.927. The average molecular weight is 316 g/mol. The topological polar surface area (TPSA) is 43.8 Å². The number of likely N-dealkylation sites (N-methyl/N-ethyl adjacent to an activating group) is 1. The van der Waals surface area contributed by atoms with Gasteiger partial charge in [0.25, 0.3) is 0 Å². The van der Waals surface area contributed by atoms with Gasteiger partial charge < -0.3 is 10.0 Å². The van der Waals surface area contributed by atoms with Gasteiger partial charge in [0.05, 0.1) is 6.54 Å². The molecule has 0 aliphatic carbocycles. The van der Waals surface area contributed by atoms with Crippen molar-refractivity contribution in [2.75, 3.05) is 39.3 Å². The van der Waals surface area contributed by atoms with E-state index in [0.717, 1.165) is 39.0 Å². The van der Waals surface area contributed by atoms with Gasteiger partial charge in [-0.15, -0.1) is 0 Å². The highest BCUT2D eigenvalue weighted by molar-refractivity contribution is 5.69. The molecule has 126 valence electrons. The Labute approximate surface area is 139 Å². The molecule has 2 aliphatic rings. The summed E-state index contributed by atoms with van der Waals surface area (Å²) in [5, 5.41) is 8.99. The van der Waals surface area contributed by atoms with Crippen LogP contribution in [0.5, 0.6) is 0 Å². The Hall–Kier alpha value is -1.39. The molecule has 1 spiro atoms. The third kappa shape index (κ3) is 3.93. The summed E-state index contributed by atoms with van der Waals surface area (Å²) < 4.78 is 0. The minimum atomic E-state index is -0.707. The summed E-state index contributed by atoms with van der Waals surface area (Å²) in [6.45, 7) is 7.71. The molecule has 1 aromatic carbocycles. The third-order valence-corrected chi connectivity index (χ3v) is 5.71. The number of piperidine rings is 2. The Morgan fingerprint density at radius 3 is 2.52 bits per heavy atom. The number of carboxylic acid groups (broad SMARTS) is 1. The summed E-state index contributed by atoms with van der Waals surface area (Å²) in [5.74, 6) is -0.0992. The number of carboxylic acids is 1. The van der Waals surface area contributed by atoms with Crippen LogP contribution in [0.1, 0.15) is 37.7 Å². The van der Waals surface area contributed by atoms with Crippen LogP contribution in [0.25, 0.3) is 0 Å². The van der Waals surface area contributed by atoms with Gasteiger partial charge in [-0.05, 0) is 55.8 Å². The molecule has 1 aromatic rings. The minimum absolute atomic E-state index is 0.190.